The lowest BCUT2D eigenvalue weighted by molar-refractivity contribution is -0.889. The lowest BCUT2D eigenvalue weighted by Crippen LogP contribution is -2.55. The number of quaternary nitrogens is 1. The van der Waals surface area contributed by atoms with Crippen LogP contribution < -0.4 is 5.11 Å². The summed E-state index contributed by atoms with van der Waals surface area (Å²) < 4.78 is 17.3. The molecule has 0 spiro atoms. The van der Waals surface area contributed by atoms with Crippen molar-refractivity contribution in [3.63, 3.8) is 0 Å². The van der Waals surface area contributed by atoms with E-state index in [1.54, 1.807) is 0 Å². The molecule has 0 aromatic rings. The van der Waals surface area contributed by atoms with E-state index in [1.807, 2.05) is 21.1 Å². The van der Waals surface area contributed by atoms with Crippen molar-refractivity contribution in [1.29, 1.82) is 0 Å². The van der Waals surface area contributed by atoms with Gasteiger partial charge in [0.2, 0.25) is 0 Å². The zero-order valence-corrected chi connectivity index (χ0v) is 44.6. The molecule has 0 aliphatic heterocycles. The predicted octanol–water partition coefficient (Wildman–Crippen LogP) is 15.4. The number of likely N-dealkylation sites (N-methyl/N-ethyl adjacent to an activating group) is 1. The van der Waals surface area contributed by atoms with E-state index in [2.05, 4.69) is 62.5 Å². The minimum absolute atomic E-state index is 0.0380. The number of carbonyl (C=O) groups is 3. The largest absolute Gasteiger partial charge is 0.544 e. The first-order valence-corrected chi connectivity index (χ1v) is 28.2. The molecule has 0 saturated heterocycles. The van der Waals surface area contributed by atoms with Crippen molar-refractivity contribution >= 4 is 17.9 Å². The average Bonchev–Trinajstić information content (AvgIpc) is 3.29. The molecule has 0 bridgehead atoms. The maximum absolute atomic E-state index is 12.8. The molecule has 8 heteroatoms. The zero-order valence-electron chi connectivity index (χ0n) is 44.6. The summed E-state index contributed by atoms with van der Waals surface area (Å²) >= 11 is 0. The SMILES string of the molecule is CCCCC/C=C/C/C=C/C/C=C/CCCCCCCCCCCC(=O)OCC(COCCC(C(=O)[O-])[N+](C)(C)C)OC(=O)CCCCCCCCC/C=C/CCCCCCCCCCCC. The minimum Gasteiger partial charge on any atom is -0.544 e. The minimum atomic E-state index is -1.12. The van der Waals surface area contributed by atoms with Crippen LogP contribution >= 0.6 is 0 Å². The predicted molar refractivity (Wildman–Crippen MR) is 282 cm³/mol. The van der Waals surface area contributed by atoms with E-state index in [4.69, 9.17) is 14.2 Å². The Hall–Kier alpha value is -2.71. The number of allylic oxidation sites excluding steroid dienone is 8. The summed E-state index contributed by atoms with van der Waals surface area (Å²) in [5.74, 6) is -1.74. The molecular formula is C59H107NO7. The smallest absolute Gasteiger partial charge is 0.306 e. The van der Waals surface area contributed by atoms with E-state index >= 15 is 0 Å². The maximum Gasteiger partial charge on any atom is 0.306 e. The van der Waals surface area contributed by atoms with Gasteiger partial charge in [0.1, 0.15) is 12.6 Å². The first kappa shape index (κ1) is 64.3. The van der Waals surface area contributed by atoms with E-state index in [0.717, 1.165) is 57.8 Å². The highest BCUT2D eigenvalue weighted by Crippen LogP contribution is 2.16. The zero-order chi connectivity index (χ0) is 49.2. The molecule has 390 valence electrons. The summed E-state index contributed by atoms with van der Waals surface area (Å²) in [6.45, 7) is 4.66. The highest BCUT2D eigenvalue weighted by atomic mass is 16.6. The van der Waals surface area contributed by atoms with Gasteiger partial charge in [-0.3, -0.25) is 9.59 Å². The molecule has 0 aliphatic rings. The van der Waals surface area contributed by atoms with Crippen molar-refractivity contribution in [1.82, 2.24) is 0 Å². The molecule has 0 aliphatic carbocycles. The molecule has 2 unspecified atom stereocenters. The average molecular weight is 943 g/mol. The molecule has 0 aromatic heterocycles. The van der Waals surface area contributed by atoms with Crippen molar-refractivity contribution in [3.8, 4) is 0 Å². The van der Waals surface area contributed by atoms with Gasteiger partial charge in [-0.25, -0.2) is 0 Å². The number of carbonyl (C=O) groups excluding carboxylic acids is 3. The highest BCUT2D eigenvalue weighted by Gasteiger charge is 2.25. The fourth-order valence-corrected chi connectivity index (χ4v) is 8.31. The number of hydrogen-bond acceptors (Lipinski definition) is 7. The van der Waals surface area contributed by atoms with E-state index < -0.39 is 18.1 Å². The molecule has 67 heavy (non-hydrogen) atoms. The summed E-state index contributed by atoms with van der Waals surface area (Å²) in [5.41, 5.74) is 0. The van der Waals surface area contributed by atoms with Gasteiger partial charge in [-0.1, -0.05) is 210 Å². The van der Waals surface area contributed by atoms with E-state index in [9.17, 15) is 19.5 Å². The fraction of sp³-hybridized carbons (Fsp3) is 0.814. The quantitative estimate of drug-likeness (QED) is 0.0259. The molecule has 2 atom stereocenters. The summed E-state index contributed by atoms with van der Waals surface area (Å²) in [5, 5.41) is 11.7. The van der Waals surface area contributed by atoms with E-state index in [-0.39, 0.29) is 42.7 Å². The fourth-order valence-electron chi connectivity index (χ4n) is 8.31. The Kier molecular flexibility index (Phi) is 47.7. The van der Waals surface area contributed by atoms with Crippen LogP contribution in [-0.2, 0) is 28.6 Å². The summed E-state index contributed by atoms with van der Waals surface area (Å²) in [6, 6.07) is -0.729. The number of aliphatic carboxylic acids is 1. The van der Waals surface area contributed by atoms with Gasteiger partial charge in [-0.15, -0.1) is 0 Å². The van der Waals surface area contributed by atoms with Crippen LogP contribution in [0.2, 0.25) is 0 Å². The Morgan fingerprint density at radius 3 is 1.21 bits per heavy atom. The van der Waals surface area contributed by atoms with Crippen molar-refractivity contribution in [2.24, 2.45) is 0 Å². The van der Waals surface area contributed by atoms with Crippen LogP contribution in [0, 0.1) is 0 Å². The summed E-state index contributed by atoms with van der Waals surface area (Å²) in [7, 11) is 5.42. The van der Waals surface area contributed by atoms with Crippen LogP contribution in [0.15, 0.2) is 48.6 Å². The number of unbranched alkanes of at least 4 members (excludes halogenated alkanes) is 29. The second-order valence-electron chi connectivity index (χ2n) is 20.2. The summed E-state index contributed by atoms with van der Waals surface area (Å²) in [6.07, 6.45) is 61.4. The first-order valence-electron chi connectivity index (χ1n) is 28.2. The van der Waals surface area contributed by atoms with Crippen molar-refractivity contribution < 1.29 is 38.2 Å². The molecule has 0 radical (unpaired) electrons. The number of hydrogen-bond donors (Lipinski definition) is 0. The third-order valence-electron chi connectivity index (χ3n) is 12.7. The van der Waals surface area contributed by atoms with Crippen LogP contribution in [0.1, 0.15) is 258 Å². The Bertz CT molecular complexity index is 1230. The van der Waals surface area contributed by atoms with Crippen molar-refractivity contribution in [3.05, 3.63) is 48.6 Å². The van der Waals surface area contributed by atoms with Crippen LogP contribution in [0.25, 0.3) is 0 Å². The lowest BCUT2D eigenvalue weighted by atomic mass is 10.1. The molecule has 0 saturated carbocycles. The van der Waals surface area contributed by atoms with Gasteiger partial charge in [-0.05, 0) is 77.0 Å². The van der Waals surface area contributed by atoms with Gasteiger partial charge in [0.15, 0.2) is 6.10 Å². The van der Waals surface area contributed by atoms with Crippen LogP contribution in [0.3, 0.4) is 0 Å². The number of carboxylic acids is 1. The molecule has 0 amide bonds. The van der Waals surface area contributed by atoms with E-state index in [1.165, 1.54) is 167 Å². The van der Waals surface area contributed by atoms with Gasteiger partial charge in [0, 0.05) is 19.3 Å². The van der Waals surface area contributed by atoms with Gasteiger partial charge < -0.3 is 28.6 Å². The number of carboxylic acid groups (broad SMARTS) is 1. The number of rotatable bonds is 51. The van der Waals surface area contributed by atoms with E-state index in [0.29, 0.717) is 12.8 Å². The molecular weight excluding hydrogens is 835 g/mol. The van der Waals surface area contributed by atoms with Gasteiger partial charge >= 0.3 is 11.9 Å². The second kappa shape index (κ2) is 49.7. The van der Waals surface area contributed by atoms with Gasteiger partial charge in [0.25, 0.3) is 0 Å². The maximum atomic E-state index is 12.8. The third-order valence-corrected chi connectivity index (χ3v) is 12.7. The standard InChI is InChI=1S/C59H107NO7/c1-6-8-10-12-14-16-18-20-22-24-26-28-30-31-33-35-37-39-41-43-45-47-49-57(61)66-54-55(53-65-52-51-56(59(63)64)60(3,4)5)67-58(62)50-48-46-44-42-40-38-36-34-32-29-27-25-23-21-19-17-15-13-11-9-7-2/h14,16,20,22,26,28-29,32,55-56H,6-13,15,17-19,21,23-25,27,30-31,33-54H2,1-5H3/b16-14+,22-20+,28-26+,32-29+. The molecule has 0 heterocycles. The monoisotopic (exact) mass is 942 g/mol. The Morgan fingerprint density at radius 1 is 0.448 bits per heavy atom. The number of ether oxygens (including phenoxy) is 3. The molecule has 8 nitrogen and oxygen atoms in total. The molecule has 0 rings (SSSR count). The van der Waals surface area contributed by atoms with Crippen molar-refractivity contribution in [2.75, 3.05) is 41.0 Å². The lowest BCUT2D eigenvalue weighted by Gasteiger charge is -2.34. The van der Waals surface area contributed by atoms with Crippen LogP contribution in [-0.4, -0.2) is 75.5 Å². The number of nitrogens with zero attached hydrogens (tertiary/aromatic N) is 1. The van der Waals surface area contributed by atoms with Crippen molar-refractivity contribution in [2.45, 2.75) is 270 Å². The molecule has 0 fully saturated rings. The normalized spacial score (nSPS) is 13.1. The topological polar surface area (TPSA) is 102 Å². The van der Waals surface area contributed by atoms with Gasteiger partial charge in [0.05, 0.1) is 40.3 Å². The molecule has 0 aromatic carbocycles. The van der Waals surface area contributed by atoms with Gasteiger partial charge in [-0.2, -0.15) is 0 Å². The number of esters is 2. The Morgan fingerprint density at radius 2 is 0.791 bits per heavy atom. The Balaban J connectivity index is 4.20. The third kappa shape index (κ3) is 48.1. The summed E-state index contributed by atoms with van der Waals surface area (Å²) in [4.78, 5) is 37.1. The molecule has 0 N–H and O–H groups in total. The second-order valence-corrected chi connectivity index (χ2v) is 20.2. The Labute approximate surface area is 414 Å². The highest BCUT2D eigenvalue weighted by molar-refractivity contribution is 5.70. The van der Waals surface area contributed by atoms with Crippen LogP contribution in [0.4, 0.5) is 0 Å². The van der Waals surface area contributed by atoms with Crippen LogP contribution in [0.5, 0.6) is 0 Å². The first-order chi connectivity index (χ1) is 32.6.